The second-order valence-corrected chi connectivity index (χ2v) is 7.33. The number of rotatable bonds is 9. The van der Waals surface area contributed by atoms with Crippen molar-refractivity contribution in [3.05, 3.63) is 82.4 Å². The zero-order valence-electron chi connectivity index (χ0n) is 15.6. The van der Waals surface area contributed by atoms with Gasteiger partial charge >= 0.3 is 0 Å². The molecule has 0 aliphatic carbocycles. The van der Waals surface area contributed by atoms with E-state index in [-0.39, 0.29) is 30.9 Å². The molecule has 0 unspecified atom stereocenters. The van der Waals surface area contributed by atoms with Gasteiger partial charge in [0, 0.05) is 11.9 Å². The largest absolute Gasteiger partial charge is 0.467 e. The van der Waals surface area contributed by atoms with Crippen LogP contribution in [0.3, 0.4) is 0 Å². The van der Waals surface area contributed by atoms with E-state index in [1.54, 1.807) is 36.8 Å². The fourth-order valence-corrected chi connectivity index (χ4v) is 3.59. The van der Waals surface area contributed by atoms with Gasteiger partial charge in [0.15, 0.2) is 0 Å². The number of amides is 2. The van der Waals surface area contributed by atoms with Crippen molar-refractivity contribution in [3.63, 3.8) is 0 Å². The number of nitrogens with one attached hydrogen (secondary N) is 2. The molecule has 0 spiro atoms. The van der Waals surface area contributed by atoms with E-state index in [9.17, 15) is 9.59 Å². The van der Waals surface area contributed by atoms with Crippen LogP contribution in [0.25, 0.3) is 0 Å². The number of nitrogens with zero attached hydrogens (tertiary/aromatic N) is 1. The van der Waals surface area contributed by atoms with Gasteiger partial charge in [-0.2, -0.15) is 0 Å². The van der Waals surface area contributed by atoms with Crippen LogP contribution in [-0.4, -0.2) is 36.9 Å². The highest BCUT2D eigenvalue weighted by Crippen LogP contribution is 2.25. The zero-order valence-corrected chi connectivity index (χ0v) is 16.4. The maximum atomic E-state index is 12.5. The molecule has 1 aromatic carbocycles. The summed E-state index contributed by atoms with van der Waals surface area (Å²) in [7, 11) is 1.62. The molecule has 0 bridgehead atoms. The van der Waals surface area contributed by atoms with E-state index < -0.39 is 0 Å². The highest BCUT2D eigenvalue weighted by molar-refractivity contribution is 7.10. The Morgan fingerprint density at radius 1 is 1.11 bits per heavy atom. The number of benzene rings is 1. The second-order valence-electron chi connectivity index (χ2n) is 6.35. The van der Waals surface area contributed by atoms with Gasteiger partial charge in [-0.25, -0.2) is 0 Å². The van der Waals surface area contributed by atoms with Crippen LogP contribution < -0.4 is 10.6 Å². The van der Waals surface area contributed by atoms with Crippen LogP contribution in [0.5, 0.6) is 0 Å². The molecule has 2 N–H and O–H groups in total. The number of thiophene rings is 1. The van der Waals surface area contributed by atoms with Crippen molar-refractivity contribution in [2.24, 2.45) is 0 Å². The van der Waals surface area contributed by atoms with Crippen molar-refractivity contribution >= 4 is 23.2 Å². The van der Waals surface area contributed by atoms with E-state index in [0.29, 0.717) is 12.3 Å². The molecule has 0 saturated heterocycles. The Hall–Kier alpha value is -2.90. The predicted molar refractivity (Wildman–Crippen MR) is 109 cm³/mol. The summed E-state index contributed by atoms with van der Waals surface area (Å²) in [4.78, 5) is 27.1. The molecule has 0 aliphatic heterocycles. The molecular weight excluding hydrogens is 374 g/mol. The van der Waals surface area contributed by atoms with Gasteiger partial charge in [-0.15, -0.1) is 11.3 Å². The van der Waals surface area contributed by atoms with E-state index in [4.69, 9.17) is 4.42 Å². The van der Waals surface area contributed by atoms with E-state index >= 15 is 0 Å². The second kappa shape index (κ2) is 9.87. The van der Waals surface area contributed by atoms with Crippen LogP contribution in [0.4, 0.5) is 0 Å². The summed E-state index contributed by atoms with van der Waals surface area (Å²) in [6.07, 6.45) is 1.56. The lowest BCUT2D eigenvalue weighted by Gasteiger charge is -2.21. The Balaban J connectivity index is 1.51. The first-order chi connectivity index (χ1) is 13.6. The number of hydrogen-bond donors (Lipinski definition) is 2. The lowest BCUT2D eigenvalue weighted by atomic mass is 10.1. The molecule has 3 rings (SSSR count). The standard InChI is InChI=1S/C21H23N3O3S/c1-24(15-19(25)22-13-17-9-5-11-27-17)20(26)14-23-21(18-10-6-12-28-18)16-7-3-2-4-8-16/h2-12,21,23H,13-15H2,1H3,(H,22,25)/t21-/m1/s1. The molecule has 0 radical (unpaired) electrons. The number of likely N-dealkylation sites (N-methyl/N-ethyl adjacent to an activating group) is 1. The molecule has 0 aliphatic rings. The molecular formula is C21H23N3O3S. The molecule has 146 valence electrons. The van der Waals surface area contributed by atoms with Gasteiger partial charge in [0.1, 0.15) is 5.76 Å². The lowest BCUT2D eigenvalue weighted by molar-refractivity contribution is -0.134. The summed E-state index contributed by atoms with van der Waals surface area (Å²) in [5.41, 5.74) is 1.09. The monoisotopic (exact) mass is 397 g/mol. The molecule has 28 heavy (non-hydrogen) atoms. The molecule has 2 amide bonds. The van der Waals surface area contributed by atoms with Crippen LogP contribution in [0.1, 0.15) is 22.2 Å². The number of furan rings is 1. The van der Waals surface area contributed by atoms with E-state index in [2.05, 4.69) is 10.6 Å². The van der Waals surface area contributed by atoms with Crippen molar-refractivity contribution in [2.45, 2.75) is 12.6 Å². The Morgan fingerprint density at radius 2 is 1.93 bits per heavy atom. The highest BCUT2D eigenvalue weighted by atomic mass is 32.1. The quantitative estimate of drug-likeness (QED) is 0.582. The fourth-order valence-electron chi connectivity index (χ4n) is 2.77. The summed E-state index contributed by atoms with van der Waals surface area (Å²) in [5, 5.41) is 8.08. The van der Waals surface area contributed by atoms with Gasteiger partial charge in [-0.3, -0.25) is 14.9 Å². The van der Waals surface area contributed by atoms with Gasteiger partial charge < -0.3 is 14.6 Å². The summed E-state index contributed by atoms with van der Waals surface area (Å²) < 4.78 is 5.17. The van der Waals surface area contributed by atoms with Gasteiger partial charge in [-0.05, 0) is 29.1 Å². The first-order valence-electron chi connectivity index (χ1n) is 8.98. The van der Waals surface area contributed by atoms with Crippen LogP contribution in [-0.2, 0) is 16.1 Å². The third-order valence-corrected chi connectivity index (χ3v) is 5.20. The first kappa shape index (κ1) is 19.9. The van der Waals surface area contributed by atoms with E-state index in [1.165, 1.54) is 4.90 Å². The zero-order chi connectivity index (χ0) is 19.8. The van der Waals surface area contributed by atoms with Crippen molar-refractivity contribution < 1.29 is 14.0 Å². The molecule has 3 aromatic rings. The third-order valence-electron chi connectivity index (χ3n) is 4.26. The lowest BCUT2D eigenvalue weighted by Crippen LogP contribution is -2.42. The highest BCUT2D eigenvalue weighted by Gasteiger charge is 2.18. The van der Waals surface area contributed by atoms with E-state index in [1.807, 2.05) is 47.8 Å². The van der Waals surface area contributed by atoms with Crippen molar-refractivity contribution in [1.82, 2.24) is 15.5 Å². The van der Waals surface area contributed by atoms with Gasteiger partial charge in [0.05, 0.1) is 31.9 Å². The minimum atomic E-state index is -0.231. The average molecular weight is 398 g/mol. The van der Waals surface area contributed by atoms with Crippen LogP contribution in [0.15, 0.2) is 70.7 Å². The Morgan fingerprint density at radius 3 is 2.61 bits per heavy atom. The average Bonchev–Trinajstić information content (AvgIpc) is 3.41. The van der Waals surface area contributed by atoms with Gasteiger partial charge in [0.2, 0.25) is 11.8 Å². The molecule has 2 aromatic heterocycles. The van der Waals surface area contributed by atoms with Crippen molar-refractivity contribution in [1.29, 1.82) is 0 Å². The molecule has 0 fully saturated rings. The van der Waals surface area contributed by atoms with Crippen molar-refractivity contribution in [3.8, 4) is 0 Å². The van der Waals surface area contributed by atoms with Crippen LogP contribution in [0, 0.1) is 0 Å². The smallest absolute Gasteiger partial charge is 0.239 e. The Kier molecular flexibility index (Phi) is 7.00. The Labute approximate surface area is 168 Å². The van der Waals surface area contributed by atoms with Crippen molar-refractivity contribution in [2.75, 3.05) is 20.1 Å². The maximum absolute atomic E-state index is 12.5. The molecule has 6 nitrogen and oxygen atoms in total. The first-order valence-corrected chi connectivity index (χ1v) is 9.86. The minimum absolute atomic E-state index is 0.00374. The Bertz CT molecular complexity index is 864. The summed E-state index contributed by atoms with van der Waals surface area (Å²) >= 11 is 1.64. The van der Waals surface area contributed by atoms with Gasteiger partial charge in [-0.1, -0.05) is 36.4 Å². The summed E-state index contributed by atoms with van der Waals surface area (Å²) in [6.45, 7) is 0.441. The minimum Gasteiger partial charge on any atom is -0.467 e. The number of carbonyl (C=O) groups is 2. The maximum Gasteiger partial charge on any atom is 0.239 e. The van der Waals surface area contributed by atoms with Crippen LogP contribution in [0.2, 0.25) is 0 Å². The summed E-state index contributed by atoms with van der Waals surface area (Å²) in [6, 6.07) is 17.5. The molecule has 2 heterocycles. The molecule has 0 saturated carbocycles. The number of carbonyl (C=O) groups excluding carboxylic acids is 2. The normalized spacial score (nSPS) is 11.8. The third kappa shape index (κ3) is 5.55. The molecule has 1 atom stereocenters. The van der Waals surface area contributed by atoms with Crippen LogP contribution >= 0.6 is 11.3 Å². The predicted octanol–water partition coefficient (Wildman–Crippen LogP) is 2.79. The summed E-state index contributed by atoms with van der Waals surface area (Å²) in [5.74, 6) is 0.293. The topological polar surface area (TPSA) is 74.6 Å². The molecule has 7 heteroatoms. The number of hydrogen-bond acceptors (Lipinski definition) is 5. The fraction of sp³-hybridized carbons (Fsp3) is 0.238. The van der Waals surface area contributed by atoms with Gasteiger partial charge in [0.25, 0.3) is 0 Å². The SMILES string of the molecule is CN(CC(=O)NCc1ccco1)C(=O)CN[C@H](c1ccccc1)c1cccs1. The van der Waals surface area contributed by atoms with E-state index in [0.717, 1.165) is 10.4 Å².